The van der Waals surface area contributed by atoms with E-state index in [0.29, 0.717) is 17.7 Å². The van der Waals surface area contributed by atoms with Gasteiger partial charge in [0.05, 0.1) is 17.9 Å². The molecule has 136 valence electrons. The first-order valence-corrected chi connectivity index (χ1v) is 8.49. The van der Waals surface area contributed by atoms with Gasteiger partial charge in [0, 0.05) is 5.56 Å². The molecule has 6 nitrogen and oxygen atoms in total. The molecule has 0 heterocycles. The number of carbonyl (C=O) groups is 3. The molecular weight excluding hydrogens is 332 g/mol. The standard InChI is InChI=1S/C20H22N2O4/c1-3-16(20(25)26-4-2)21-19(24)15-12-8-9-13-17(15)22-18(23)14-10-6-5-7-11-14/h5-13,16H,3-4H2,1-2H3,(H,21,24)(H,22,23)/t16-/m1/s1. The van der Waals surface area contributed by atoms with Gasteiger partial charge in [-0.25, -0.2) is 4.79 Å². The van der Waals surface area contributed by atoms with Crippen LogP contribution in [0.3, 0.4) is 0 Å². The van der Waals surface area contributed by atoms with E-state index in [1.54, 1.807) is 62.4 Å². The van der Waals surface area contributed by atoms with Crippen molar-refractivity contribution in [1.29, 1.82) is 0 Å². The lowest BCUT2D eigenvalue weighted by atomic mass is 10.1. The first-order chi connectivity index (χ1) is 12.6. The van der Waals surface area contributed by atoms with Gasteiger partial charge in [0.1, 0.15) is 6.04 Å². The van der Waals surface area contributed by atoms with E-state index >= 15 is 0 Å². The van der Waals surface area contributed by atoms with Crippen LogP contribution < -0.4 is 10.6 Å². The molecule has 2 N–H and O–H groups in total. The molecular formula is C20H22N2O4. The van der Waals surface area contributed by atoms with Crippen molar-refractivity contribution in [2.45, 2.75) is 26.3 Å². The Labute approximate surface area is 152 Å². The molecule has 0 unspecified atom stereocenters. The number of benzene rings is 2. The number of ether oxygens (including phenoxy) is 1. The van der Waals surface area contributed by atoms with Gasteiger partial charge >= 0.3 is 5.97 Å². The Bertz CT molecular complexity index is 774. The lowest BCUT2D eigenvalue weighted by Crippen LogP contribution is -2.41. The van der Waals surface area contributed by atoms with Gasteiger partial charge in [0.15, 0.2) is 0 Å². The largest absolute Gasteiger partial charge is 0.464 e. The predicted molar refractivity (Wildman–Crippen MR) is 99.0 cm³/mol. The second kappa shape index (κ2) is 9.36. The third-order valence-electron chi connectivity index (χ3n) is 3.74. The molecule has 2 rings (SSSR count). The molecule has 0 saturated carbocycles. The minimum absolute atomic E-state index is 0.245. The maximum absolute atomic E-state index is 12.6. The highest BCUT2D eigenvalue weighted by molar-refractivity contribution is 6.09. The summed E-state index contributed by atoms with van der Waals surface area (Å²) in [7, 11) is 0. The van der Waals surface area contributed by atoms with Crippen molar-refractivity contribution in [2.75, 3.05) is 11.9 Å². The van der Waals surface area contributed by atoms with E-state index in [1.807, 2.05) is 6.07 Å². The maximum Gasteiger partial charge on any atom is 0.328 e. The zero-order valence-electron chi connectivity index (χ0n) is 14.8. The summed E-state index contributed by atoms with van der Waals surface area (Å²) < 4.78 is 4.96. The topological polar surface area (TPSA) is 84.5 Å². The molecule has 0 radical (unpaired) electrons. The summed E-state index contributed by atoms with van der Waals surface area (Å²) in [6, 6.07) is 14.6. The van der Waals surface area contributed by atoms with Crippen LogP contribution in [0.1, 0.15) is 41.0 Å². The SMILES string of the molecule is CCOC(=O)[C@@H](CC)NC(=O)c1ccccc1NC(=O)c1ccccc1. The van der Waals surface area contributed by atoms with Crippen molar-refractivity contribution in [1.82, 2.24) is 5.32 Å². The number of nitrogens with one attached hydrogen (secondary N) is 2. The average molecular weight is 354 g/mol. The molecule has 0 aliphatic carbocycles. The third kappa shape index (κ3) is 4.92. The second-order valence-electron chi connectivity index (χ2n) is 5.55. The van der Waals surface area contributed by atoms with Crippen LogP contribution in [0.2, 0.25) is 0 Å². The van der Waals surface area contributed by atoms with Crippen molar-refractivity contribution in [3.05, 3.63) is 65.7 Å². The molecule has 1 atom stereocenters. The summed E-state index contributed by atoms with van der Waals surface area (Å²) in [4.78, 5) is 36.8. The summed E-state index contributed by atoms with van der Waals surface area (Å²) in [6.45, 7) is 3.74. The molecule has 0 aromatic heterocycles. The number of anilines is 1. The van der Waals surface area contributed by atoms with Crippen molar-refractivity contribution < 1.29 is 19.1 Å². The fourth-order valence-electron chi connectivity index (χ4n) is 2.38. The highest BCUT2D eigenvalue weighted by Crippen LogP contribution is 2.17. The summed E-state index contributed by atoms with van der Waals surface area (Å²) in [5.74, 6) is -1.24. The van der Waals surface area contributed by atoms with Crippen molar-refractivity contribution in [3.63, 3.8) is 0 Å². The maximum atomic E-state index is 12.6. The first-order valence-electron chi connectivity index (χ1n) is 8.49. The van der Waals surface area contributed by atoms with E-state index in [1.165, 1.54) is 0 Å². The minimum atomic E-state index is -0.736. The van der Waals surface area contributed by atoms with Gasteiger partial charge in [-0.2, -0.15) is 0 Å². The number of rotatable bonds is 7. The predicted octanol–water partition coefficient (Wildman–Crippen LogP) is 3.01. The van der Waals surface area contributed by atoms with Crippen LogP contribution in [0.4, 0.5) is 5.69 Å². The van der Waals surface area contributed by atoms with E-state index in [4.69, 9.17) is 4.74 Å². The Kier molecular flexibility index (Phi) is 6.91. The van der Waals surface area contributed by atoms with Crippen LogP contribution in [-0.2, 0) is 9.53 Å². The summed E-state index contributed by atoms with van der Waals surface area (Å²) in [6.07, 6.45) is 0.406. The monoisotopic (exact) mass is 354 g/mol. The molecule has 0 saturated heterocycles. The number of carbonyl (C=O) groups excluding carboxylic acids is 3. The minimum Gasteiger partial charge on any atom is -0.464 e. The molecule has 0 fully saturated rings. The Hall–Kier alpha value is -3.15. The molecule has 0 aliphatic rings. The number of para-hydroxylation sites is 1. The van der Waals surface area contributed by atoms with Gasteiger partial charge < -0.3 is 15.4 Å². The Morgan fingerprint density at radius 2 is 1.58 bits per heavy atom. The molecule has 0 spiro atoms. The van der Waals surface area contributed by atoms with Crippen LogP contribution in [0, 0.1) is 0 Å². The van der Waals surface area contributed by atoms with E-state index in [-0.39, 0.29) is 18.1 Å². The fraction of sp³-hybridized carbons (Fsp3) is 0.250. The summed E-state index contributed by atoms with van der Waals surface area (Å²) >= 11 is 0. The zero-order valence-corrected chi connectivity index (χ0v) is 14.8. The lowest BCUT2D eigenvalue weighted by molar-refractivity contribution is -0.145. The van der Waals surface area contributed by atoms with Crippen LogP contribution >= 0.6 is 0 Å². The highest BCUT2D eigenvalue weighted by atomic mass is 16.5. The second-order valence-corrected chi connectivity index (χ2v) is 5.55. The summed E-state index contributed by atoms with van der Waals surface area (Å²) in [5.41, 5.74) is 1.14. The summed E-state index contributed by atoms with van der Waals surface area (Å²) in [5, 5.41) is 5.39. The number of esters is 1. The Balaban J connectivity index is 2.16. The van der Waals surface area contributed by atoms with Crippen molar-refractivity contribution >= 4 is 23.5 Å². The van der Waals surface area contributed by atoms with Gasteiger partial charge in [0.2, 0.25) is 0 Å². The van der Waals surface area contributed by atoms with E-state index < -0.39 is 17.9 Å². The van der Waals surface area contributed by atoms with Crippen molar-refractivity contribution in [2.24, 2.45) is 0 Å². The van der Waals surface area contributed by atoms with Crippen LogP contribution in [0.5, 0.6) is 0 Å². The van der Waals surface area contributed by atoms with Gasteiger partial charge in [-0.1, -0.05) is 37.3 Å². The number of hydrogen-bond acceptors (Lipinski definition) is 4. The van der Waals surface area contributed by atoms with Gasteiger partial charge in [-0.15, -0.1) is 0 Å². The fourth-order valence-corrected chi connectivity index (χ4v) is 2.38. The Morgan fingerprint density at radius 3 is 2.23 bits per heavy atom. The molecule has 0 aliphatic heterocycles. The van der Waals surface area contributed by atoms with E-state index in [9.17, 15) is 14.4 Å². The van der Waals surface area contributed by atoms with Gasteiger partial charge in [-0.05, 0) is 37.6 Å². The van der Waals surface area contributed by atoms with Gasteiger partial charge in [-0.3, -0.25) is 9.59 Å². The molecule has 26 heavy (non-hydrogen) atoms. The molecule has 2 amide bonds. The molecule has 2 aromatic rings. The van der Waals surface area contributed by atoms with Gasteiger partial charge in [0.25, 0.3) is 11.8 Å². The number of hydrogen-bond donors (Lipinski definition) is 2. The van der Waals surface area contributed by atoms with E-state index in [0.717, 1.165) is 0 Å². The quantitative estimate of drug-likeness (QED) is 0.749. The van der Waals surface area contributed by atoms with Crippen LogP contribution in [0.15, 0.2) is 54.6 Å². The van der Waals surface area contributed by atoms with Crippen LogP contribution in [0.25, 0.3) is 0 Å². The molecule has 0 bridgehead atoms. The molecule has 6 heteroatoms. The smallest absolute Gasteiger partial charge is 0.328 e. The van der Waals surface area contributed by atoms with Crippen LogP contribution in [-0.4, -0.2) is 30.4 Å². The normalized spacial score (nSPS) is 11.3. The highest BCUT2D eigenvalue weighted by Gasteiger charge is 2.22. The van der Waals surface area contributed by atoms with E-state index in [2.05, 4.69) is 10.6 Å². The number of amides is 2. The average Bonchev–Trinajstić information content (AvgIpc) is 2.67. The van der Waals surface area contributed by atoms with Crippen molar-refractivity contribution in [3.8, 4) is 0 Å². The Morgan fingerprint density at radius 1 is 0.923 bits per heavy atom. The molecule has 2 aromatic carbocycles. The first kappa shape index (κ1) is 19.2. The lowest BCUT2D eigenvalue weighted by Gasteiger charge is -2.17. The zero-order chi connectivity index (χ0) is 18.9. The third-order valence-corrected chi connectivity index (χ3v) is 3.74.